The van der Waals surface area contributed by atoms with Crippen molar-refractivity contribution < 1.29 is 0 Å². The summed E-state index contributed by atoms with van der Waals surface area (Å²) in [4.78, 5) is 2.34. The molecule has 0 bridgehead atoms. The highest BCUT2D eigenvalue weighted by Gasteiger charge is 2.06. The van der Waals surface area contributed by atoms with Crippen LogP contribution in [0.5, 0.6) is 0 Å². The molecule has 0 amide bonds. The van der Waals surface area contributed by atoms with Crippen molar-refractivity contribution in [1.29, 1.82) is 0 Å². The summed E-state index contributed by atoms with van der Waals surface area (Å²) in [5, 5.41) is 0. The second-order valence-electron chi connectivity index (χ2n) is 3.39. The molecule has 74 valence electrons. The Bertz CT molecular complexity index is 89.8. The Hall–Kier alpha value is -0.120. The predicted molar refractivity (Wildman–Crippen MR) is 54.0 cm³/mol. The van der Waals surface area contributed by atoms with Crippen LogP contribution in [0.3, 0.4) is 0 Å². The van der Waals surface area contributed by atoms with Gasteiger partial charge in [-0.1, -0.05) is 20.3 Å². The van der Waals surface area contributed by atoms with Crippen LogP contribution >= 0.6 is 0 Å². The lowest BCUT2D eigenvalue weighted by Gasteiger charge is -2.23. The smallest absolute Gasteiger partial charge is 0.0105 e. The summed E-state index contributed by atoms with van der Waals surface area (Å²) in [6.45, 7) is 9.02. The van der Waals surface area contributed by atoms with Gasteiger partial charge in [0.25, 0.3) is 0 Å². The van der Waals surface area contributed by atoms with E-state index in [0.29, 0.717) is 0 Å². The highest BCUT2D eigenvalue weighted by atomic mass is 15.1. The zero-order valence-electron chi connectivity index (χ0n) is 8.42. The second-order valence-corrected chi connectivity index (χ2v) is 3.39. The summed E-state index contributed by atoms with van der Waals surface area (Å²) in [5.41, 5.74) is 11.0. The first kappa shape index (κ1) is 11.9. The van der Waals surface area contributed by atoms with E-state index in [0.717, 1.165) is 38.6 Å². The molecule has 0 aromatic heterocycles. The molecule has 0 aliphatic rings. The van der Waals surface area contributed by atoms with Crippen molar-refractivity contribution in [2.75, 3.05) is 32.7 Å². The van der Waals surface area contributed by atoms with Crippen molar-refractivity contribution >= 4 is 0 Å². The van der Waals surface area contributed by atoms with Crippen molar-refractivity contribution in [3.8, 4) is 0 Å². The summed E-state index contributed by atoms with van der Waals surface area (Å²) in [5.74, 6) is 0.753. The average molecular weight is 173 g/mol. The van der Waals surface area contributed by atoms with Gasteiger partial charge in [0, 0.05) is 32.7 Å². The maximum Gasteiger partial charge on any atom is 0.0105 e. The Morgan fingerprint density at radius 1 is 1.17 bits per heavy atom. The van der Waals surface area contributed by atoms with Gasteiger partial charge in [0.2, 0.25) is 0 Å². The van der Waals surface area contributed by atoms with Crippen LogP contribution < -0.4 is 11.5 Å². The first-order chi connectivity index (χ1) is 5.74. The minimum atomic E-state index is 0.733. The molecule has 1 atom stereocenters. The third-order valence-electron chi connectivity index (χ3n) is 2.16. The van der Waals surface area contributed by atoms with Crippen LogP contribution in [-0.4, -0.2) is 37.6 Å². The van der Waals surface area contributed by atoms with Crippen molar-refractivity contribution in [3.05, 3.63) is 0 Å². The van der Waals surface area contributed by atoms with Gasteiger partial charge in [0.1, 0.15) is 0 Å². The molecule has 3 heteroatoms. The van der Waals surface area contributed by atoms with E-state index in [1.165, 1.54) is 6.42 Å². The molecule has 0 radical (unpaired) electrons. The van der Waals surface area contributed by atoms with Gasteiger partial charge in [-0.2, -0.15) is 0 Å². The van der Waals surface area contributed by atoms with Crippen molar-refractivity contribution in [2.45, 2.75) is 20.3 Å². The summed E-state index contributed by atoms with van der Waals surface area (Å²) in [7, 11) is 0. The lowest BCUT2D eigenvalue weighted by molar-refractivity contribution is 0.246. The summed E-state index contributed by atoms with van der Waals surface area (Å²) >= 11 is 0. The molecule has 0 saturated heterocycles. The molecule has 1 unspecified atom stereocenters. The zero-order valence-corrected chi connectivity index (χ0v) is 8.42. The molecule has 0 aromatic carbocycles. The van der Waals surface area contributed by atoms with Gasteiger partial charge >= 0.3 is 0 Å². The first-order valence-electron chi connectivity index (χ1n) is 4.87. The molecule has 4 N–H and O–H groups in total. The van der Waals surface area contributed by atoms with Crippen molar-refractivity contribution in [2.24, 2.45) is 17.4 Å². The predicted octanol–water partition coefficient (Wildman–Crippen LogP) is 0.252. The van der Waals surface area contributed by atoms with Gasteiger partial charge in [0.15, 0.2) is 0 Å². The third kappa shape index (κ3) is 5.52. The molecule has 0 saturated carbocycles. The summed E-state index contributed by atoms with van der Waals surface area (Å²) in [6.07, 6.45) is 1.23. The van der Waals surface area contributed by atoms with Crippen LogP contribution in [0, 0.1) is 5.92 Å². The molecule has 12 heavy (non-hydrogen) atoms. The molecule has 0 aliphatic heterocycles. The Balaban J connectivity index is 3.61. The van der Waals surface area contributed by atoms with Gasteiger partial charge in [-0.05, 0) is 5.92 Å². The Morgan fingerprint density at radius 3 is 2.00 bits per heavy atom. The normalized spacial score (nSPS) is 13.8. The molecule has 0 fully saturated rings. The van der Waals surface area contributed by atoms with Crippen molar-refractivity contribution in [1.82, 2.24) is 4.90 Å². The molecule has 0 aliphatic carbocycles. The number of nitrogens with zero attached hydrogens (tertiary/aromatic N) is 1. The lowest BCUT2D eigenvalue weighted by atomic mass is 10.1. The van der Waals surface area contributed by atoms with Crippen LogP contribution in [0.2, 0.25) is 0 Å². The number of hydrogen-bond donors (Lipinski definition) is 2. The summed E-state index contributed by atoms with van der Waals surface area (Å²) < 4.78 is 0. The van der Waals surface area contributed by atoms with Crippen LogP contribution in [0.4, 0.5) is 0 Å². The molecule has 3 nitrogen and oxygen atoms in total. The fourth-order valence-corrected chi connectivity index (χ4v) is 1.23. The van der Waals surface area contributed by atoms with Crippen molar-refractivity contribution in [3.63, 3.8) is 0 Å². The molecule has 0 heterocycles. The fourth-order valence-electron chi connectivity index (χ4n) is 1.23. The standard InChI is InChI=1S/C9H23N3/c1-3-9(2)8-12(6-4-10)7-5-11/h9H,3-8,10-11H2,1-2H3. The molecule has 0 aromatic rings. The Labute approximate surface area is 76.1 Å². The second kappa shape index (κ2) is 7.53. The third-order valence-corrected chi connectivity index (χ3v) is 2.16. The fraction of sp³-hybridized carbons (Fsp3) is 1.00. The zero-order chi connectivity index (χ0) is 9.40. The van der Waals surface area contributed by atoms with Crippen LogP contribution in [-0.2, 0) is 0 Å². The SMILES string of the molecule is CCC(C)CN(CCN)CCN. The minimum absolute atomic E-state index is 0.733. The lowest BCUT2D eigenvalue weighted by Crippen LogP contribution is -2.36. The topological polar surface area (TPSA) is 55.3 Å². The molecular formula is C9H23N3. The highest BCUT2D eigenvalue weighted by Crippen LogP contribution is 2.02. The van der Waals surface area contributed by atoms with E-state index in [-0.39, 0.29) is 0 Å². The number of rotatable bonds is 7. The van der Waals surface area contributed by atoms with E-state index >= 15 is 0 Å². The Morgan fingerprint density at radius 2 is 1.67 bits per heavy atom. The van der Waals surface area contributed by atoms with Crippen LogP contribution in [0.1, 0.15) is 20.3 Å². The number of hydrogen-bond acceptors (Lipinski definition) is 3. The maximum atomic E-state index is 5.49. The van der Waals surface area contributed by atoms with E-state index in [9.17, 15) is 0 Å². The van der Waals surface area contributed by atoms with Gasteiger partial charge in [-0.25, -0.2) is 0 Å². The van der Waals surface area contributed by atoms with Gasteiger partial charge in [-0.3, -0.25) is 0 Å². The van der Waals surface area contributed by atoms with Crippen LogP contribution in [0.15, 0.2) is 0 Å². The first-order valence-corrected chi connectivity index (χ1v) is 4.87. The van der Waals surface area contributed by atoms with Gasteiger partial charge in [-0.15, -0.1) is 0 Å². The maximum absolute atomic E-state index is 5.49. The quantitative estimate of drug-likeness (QED) is 0.580. The highest BCUT2D eigenvalue weighted by molar-refractivity contribution is 4.62. The monoisotopic (exact) mass is 173 g/mol. The molecular weight excluding hydrogens is 150 g/mol. The van der Waals surface area contributed by atoms with E-state index in [4.69, 9.17) is 11.5 Å². The molecule has 0 rings (SSSR count). The van der Waals surface area contributed by atoms with E-state index in [1.807, 2.05) is 0 Å². The van der Waals surface area contributed by atoms with Gasteiger partial charge < -0.3 is 16.4 Å². The Kier molecular flexibility index (Phi) is 7.45. The van der Waals surface area contributed by atoms with E-state index in [1.54, 1.807) is 0 Å². The van der Waals surface area contributed by atoms with E-state index < -0.39 is 0 Å². The average Bonchev–Trinajstić information content (AvgIpc) is 2.05. The largest absolute Gasteiger partial charge is 0.329 e. The van der Waals surface area contributed by atoms with Crippen LogP contribution in [0.25, 0.3) is 0 Å². The summed E-state index contributed by atoms with van der Waals surface area (Å²) in [6, 6.07) is 0. The van der Waals surface area contributed by atoms with Gasteiger partial charge in [0.05, 0.1) is 0 Å². The molecule has 0 spiro atoms. The minimum Gasteiger partial charge on any atom is -0.329 e. The van der Waals surface area contributed by atoms with E-state index in [2.05, 4.69) is 18.7 Å². The number of nitrogens with two attached hydrogens (primary N) is 2.